The molecule has 0 heterocycles. The van der Waals surface area contributed by atoms with Crippen molar-refractivity contribution in [2.24, 2.45) is 0 Å². The van der Waals surface area contributed by atoms with Gasteiger partial charge in [0, 0.05) is 0 Å². The van der Waals surface area contributed by atoms with Crippen molar-refractivity contribution in [3.63, 3.8) is 0 Å². The molecule has 0 amide bonds. The molecule has 0 atom stereocenters. The molecule has 1 rings (SSSR count). The standard InChI is InChI=1S/C8H18O5.C8H10O3S/c9-1-3-11-5-7-13-8-6-12-4-2-10;1-6-4-3-5-8(7(6)2)12(9,10)11/h9-10H,1-8H2;3-5H,1-2H3,(H,9,10,11). The fourth-order valence-electron chi connectivity index (χ4n) is 1.67. The summed E-state index contributed by atoms with van der Waals surface area (Å²) in [6, 6.07) is 4.78. The quantitative estimate of drug-likeness (QED) is 0.376. The summed E-state index contributed by atoms with van der Waals surface area (Å²) in [5.41, 5.74) is 1.45. The highest BCUT2D eigenvalue weighted by Crippen LogP contribution is 2.17. The lowest BCUT2D eigenvalue weighted by Crippen LogP contribution is -2.11. The number of hydrogen-bond acceptors (Lipinski definition) is 7. The molecule has 0 aromatic heterocycles. The van der Waals surface area contributed by atoms with Crippen molar-refractivity contribution in [2.75, 3.05) is 52.9 Å². The van der Waals surface area contributed by atoms with Crippen LogP contribution in [0.15, 0.2) is 23.1 Å². The van der Waals surface area contributed by atoms with E-state index in [1.165, 1.54) is 6.07 Å². The highest BCUT2D eigenvalue weighted by atomic mass is 32.2. The second-order valence-corrected chi connectivity index (χ2v) is 6.35. The lowest BCUT2D eigenvalue weighted by atomic mass is 10.1. The number of aliphatic hydroxyl groups excluding tert-OH is 2. The van der Waals surface area contributed by atoms with Crippen molar-refractivity contribution in [2.45, 2.75) is 18.7 Å². The van der Waals surface area contributed by atoms with Crippen LogP contribution in [0, 0.1) is 13.8 Å². The smallest absolute Gasteiger partial charge is 0.294 e. The third-order valence-corrected chi connectivity index (χ3v) is 4.05. The Morgan fingerprint density at radius 3 is 1.64 bits per heavy atom. The van der Waals surface area contributed by atoms with E-state index < -0.39 is 10.1 Å². The lowest BCUT2D eigenvalue weighted by Gasteiger charge is -2.04. The maximum Gasteiger partial charge on any atom is 0.294 e. The number of aryl methyl sites for hydroxylation is 1. The molecular weight excluding hydrogens is 352 g/mol. The van der Waals surface area contributed by atoms with E-state index in [1.807, 2.05) is 0 Å². The number of aliphatic hydroxyl groups is 2. The Hall–Kier alpha value is -1.07. The van der Waals surface area contributed by atoms with Gasteiger partial charge in [0.1, 0.15) is 0 Å². The van der Waals surface area contributed by atoms with Gasteiger partial charge in [-0.3, -0.25) is 4.55 Å². The van der Waals surface area contributed by atoms with Crippen molar-refractivity contribution in [1.82, 2.24) is 0 Å². The molecule has 0 spiro atoms. The van der Waals surface area contributed by atoms with Crippen LogP contribution in [0.2, 0.25) is 0 Å². The number of ether oxygens (including phenoxy) is 3. The minimum Gasteiger partial charge on any atom is -0.394 e. The summed E-state index contributed by atoms with van der Waals surface area (Å²) in [6.45, 7) is 6.22. The van der Waals surface area contributed by atoms with Gasteiger partial charge in [0.2, 0.25) is 0 Å². The first-order valence-corrected chi connectivity index (χ1v) is 9.27. The van der Waals surface area contributed by atoms with Crippen molar-refractivity contribution < 1.29 is 37.4 Å². The molecule has 3 N–H and O–H groups in total. The zero-order valence-corrected chi connectivity index (χ0v) is 15.5. The van der Waals surface area contributed by atoms with Crippen LogP contribution >= 0.6 is 0 Å². The summed E-state index contributed by atoms with van der Waals surface area (Å²) in [5, 5.41) is 16.7. The van der Waals surface area contributed by atoms with Crippen molar-refractivity contribution in [3.05, 3.63) is 29.3 Å². The van der Waals surface area contributed by atoms with Crippen LogP contribution in [0.25, 0.3) is 0 Å². The van der Waals surface area contributed by atoms with E-state index in [1.54, 1.807) is 26.0 Å². The maximum atomic E-state index is 10.8. The summed E-state index contributed by atoms with van der Waals surface area (Å²) in [7, 11) is -4.06. The molecule has 0 aliphatic heterocycles. The Morgan fingerprint density at radius 2 is 1.28 bits per heavy atom. The Balaban J connectivity index is 0.000000462. The Morgan fingerprint density at radius 1 is 0.840 bits per heavy atom. The predicted molar refractivity (Wildman–Crippen MR) is 92.4 cm³/mol. The van der Waals surface area contributed by atoms with Gasteiger partial charge in [-0.25, -0.2) is 0 Å². The summed E-state index contributed by atoms with van der Waals surface area (Å²) < 4.78 is 45.3. The van der Waals surface area contributed by atoms with E-state index in [4.69, 9.17) is 29.0 Å². The second kappa shape index (κ2) is 14.1. The lowest BCUT2D eigenvalue weighted by molar-refractivity contribution is 0.00230. The normalized spacial score (nSPS) is 11.1. The van der Waals surface area contributed by atoms with Crippen LogP contribution in [0.4, 0.5) is 0 Å². The van der Waals surface area contributed by atoms with E-state index >= 15 is 0 Å². The average molecular weight is 380 g/mol. The van der Waals surface area contributed by atoms with Gasteiger partial charge in [-0.15, -0.1) is 0 Å². The summed E-state index contributed by atoms with van der Waals surface area (Å²) in [4.78, 5) is -0.0116. The molecule has 146 valence electrons. The summed E-state index contributed by atoms with van der Waals surface area (Å²) in [5.74, 6) is 0. The first kappa shape index (κ1) is 23.9. The molecule has 0 saturated carbocycles. The van der Waals surface area contributed by atoms with Gasteiger partial charge < -0.3 is 24.4 Å². The van der Waals surface area contributed by atoms with Gasteiger partial charge in [-0.2, -0.15) is 8.42 Å². The molecule has 1 aromatic rings. The van der Waals surface area contributed by atoms with Gasteiger partial charge in [0.15, 0.2) is 0 Å². The molecule has 0 aliphatic carbocycles. The molecule has 0 fully saturated rings. The second-order valence-electron chi connectivity index (χ2n) is 4.96. The van der Waals surface area contributed by atoms with E-state index in [-0.39, 0.29) is 18.1 Å². The number of rotatable bonds is 11. The summed E-state index contributed by atoms with van der Waals surface area (Å²) >= 11 is 0. The van der Waals surface area contributed by atoms with Crippen molar-refractivity contribution in [3.8, 4) is 0 Å². The van der Waals surface area contributed by atoms with Gasteiger partial charge in [-0.05, 0) is 31.0 Å². The van der Waals surface area contributed by atoms with Gasteiger partial charge >= 0.3 is 0 Å². The molecule has 8 nitrogen and oxygen atoms in total. The third-order valence-electron chi connectivity index (χ3n) is 3.05. The molecule has 0 radical (unpaired) electrons. The van der Waals surface area contributed by atoms with Crippen molar-refractivity contribution >= 4 is 10.1 Å². The first-order valence-electron chi connectivity index (χ1n) is 7.83. The van der Waals surface area contributed by atoms with Crippen LogP contribution in [0.1, 0.15) is 11.1 Å². The zero-order valence-electron chi connectivity index (χ0n) is 14.7. The molecule has 0 saturated heterocycles. The van der Waals surface area contributed by atoms with Crippen LogP contribution in [0.3, 0.4) is 0 Å². The molecule has 0 aliphatic rings. The fraction of sp³-hybridized carbons (Fsp3) is 0.625. The Kier molecular flexibility index (Phi) is 13.5. The molecular formula is C16H28O8S. The van der Waals surface area contributed by atoms with E-state index in [9.17, 15) is 8.42 Å². The third kappa shape index (κ3) is 12.0. The molecule has 25 heavy (non-hydrogen) atoms. The SMILES string of the molecule is Cc1cccc(S(=O)(=O)O)c1C.OCCOCCOCCOCCO. The van der Waals surface area contributed by atoms with Crippen LogP contribution in [0.5, 0.6) is 0 Å². The topological polar surface area (TPSA) is 123 Å². The minimum absolute atomic E-state index is 0.0116. The Bertz CT molecular complexity index is 549. The fourth-order valence-corrected chi connectivity index (χ4v) is 2.47. The minimum atomic E-state index is -4.06. The number of benzene rings is 1. The van der Waals surface area contributed by atoms with Gasteiger partial charge in [0.25, 0.3) is 10.1 Å². The van der Waals surface area contributed by atoms with Crippen LogP contribution < -0.4 is 0 Å². The maximum absolute atomic E-state index is 10.8. The number of hydrogen-bond donors (Lipinski definition) is 3. The highest BCUT2D eigenvalue weighted by Gasteiger charge is 2.12. The largest absolute Gasteiger partial charge is 0.394 e. The molecule has 1 aromatic carbocycles. The van der Waals surface area contributed by atoms with Gasteiger partial charge in [0.05, 0.1) is 57.8 Å². The van der Waals surface area contributed by atoms with E-state index in [0.717, 1.165) is 5.56 Å². The first-order chi connectivity index (χ1) is 11.8. The van der Waals surface area contributed by atoms with E-state index in [0.29, 0.717) is 45.2 Å². The molecule has 9 heteroatoms. The summed E-state index contributed by atoms with van der Waals surface area (Å²) in [6.07, 6.45) is 0. The zero-order chi connectivity index (χ0) is 19.1. The monoisotopic (exact) mass is 380 g/mol. The van der Waals surface area contributed by atoms with Crippen LogP contribution in [-0.2, 0) is 24.3 Å². The highest BCUT2D eigenvalue weighted by molar-refractivity contribution is 7.85. The van der Waals surface area contributed by atoms with E-state index in [2.05, 4.69) is 0 Å². The Labute approximate surface area is 149 Å². The van der Waals surface area contributed by atoms with Gasteiger partial charge in [-0.1, -0.05) is 12.1 Å². The molecule has 0 bridgehead atoms. The molecule has 0 unspecified atom stereocenters. The van der Waals surface area contributed by atoms with Crippen LogP contribution in [-0.4, -0.2) is 76.0 Å². The average Bonchev–Trinajstić information content (AvgIpc) is 2.55. The van der Waals surface area contributed by atoms with Crippen molar-refractivity contribution in [1.29, 1.82) is 0 Å². The predicted octanol–water partition coefficient (Wildman–Crippen LogP) is 0.571.